The van der Waals surface area contributed by atoms with Crippen LogP contribution in [0, 0.1) is 0 Å². The van der Waals surface area contributed by atoms with Crippen molar-refractivity contribution in [1.29, 1.82) is 0 Å². The Bertz CT molecular complexity index is 445. The van der Waals surface area contributed by atoms with Gasteiger partial charge in [0, 0.05) is 11.1 Å². The van der Waals surface area contributed by atoms with Crippen molar-refractivity contribution in [3.8, 4) is 0 Å². The summed E-state index contributed by atoms with van der Waals surface area (Å²) in [4.78, 5) is 0. The number of benzene rings is 1. The largest absolute Gasteiger partial charge is 0.281 e. The lowest BCUT2D eigenvalue weighted by molar-refractivity contribution is 0.589. The van der Waals surface area contributed by atoms with Gasteiger partial charge in [0.15, 0.2) is 0 Å². The highest BCUT2D eigenvalue weighted by molar-refractivity contribution is 5.81. The number of fused-ring (bicyclic) bond motifs is 1. The average molecular weight is 216 g/mol. The molecule has 1 heterocycles. The number of hydrogen-bond acceptors (Lipinski definition) is 1. The van der Waals surface area contributed by atoms with Crippen LogP contribution in [0.15, 0.2) is 24.3 Å². The number of rotatable bonds is 5. The van der Waals surface area contributed by atoms with E-state index in [2.05, 4.69) is 42.2 Å². The van der Waals surface area contributed by atoms with Crippen LogP contribution in [0.1, 0.15) is 51.1 Å². The fourth-order valence-electron chi connectivity index (χ4n) is 2.20. The number of nitrogens with zero attached hydrogens (tertiary/aromatic N) is 1. The lowest BCUT2D eigenvalue weighted by Gasteiger charge is -2.09. The molecule has 0 saturated carbocycles. The molecule has 0 saturated heterocycles. The quantitative estimate of drug-likeness (QED) is 0.744. The zero-order valence-corrected chi connectivity index (χ0v) is 10.2. The highest BCUT2D eigenvalue weighted by atomic mass is 15.1. The van der Waals surface area contributed by atoms with Gasteiger partial charge in [-0.15, -0.1) is 0 Å². The van der Waals surface area contributed by atoms with Gasteiger partial charge in [0.1, 0.15) is 0 Å². The highest BCUT2D eigenvalue weighted by Gasteiger charge is 2.11. The molecule has 1 aromatic carbocycles. The Hall–Kier alpha value is -1.31. The molecule has 0 bridgehead atoms. The summed E-state index contributed by atoms with van der Waals surface area (Å²) in [7, 11) is 0. The van der Waals surface area contributed by atoms with Gasteiger partial charge in [0.2, 0.25) is 0 Å². The van der Waals surface area contributed by atoms with Gasteiger partial charge in [0.05, 0.1) is 5.52 Å². The Kier molecular flexibility index (Phi) is 3.60. The molecule has 2 rings (SSSR count). The fraction of sp³-hybridized carbons (Fsp3) is 0.500. The topological polar surface area (TPSA) is 28.7 Å². The van der Waals surface area contributed by atoms with Gasteiger partial charge in [-0.2, -0.15) is 5.10 Å². The number of hydrogen-bond donors (Lipinski definition) is 1. The summed E-state index contributed by atoms with van der Waals surface area (Å²) in [6.07, 6.45) is 5.18. The van der Waals surface area contributed by atoms with E-state index in [0.29, 0.717) is 5.92 Å². The Labute approximate surface area is 97.1 Å². The van der Waals surface area contributed by atoms with Crippen LogP contribution in [0.25, 0.3) is 10.9 Å². The minimum Gasteiger partial charge on any atom is -0.281 e. The zero-order chi connectivity index (χ0) is 11.4. The van der Waals surface area contributed by atoms with E-state index in [1.54, 1.807) is 0 Å². The third kappa shape index (κ3) is 2.26. The summed E-state index contributed by atoms with van der Waals surface area (Å²) >= 11 is 0. The first kappa shape index (κ1) is 11.2. The second kappa shape index (κ2) is 5.15. The first-order chi connectivity index (χ1) is 7.83. The van der Waals surface area contributed by atoms with Crippen LogP contribution in [-0.2, 0) is 0 Å². The van der Waals surface area contributed by atoms with E-state index >= 15 is 0 Å². The standard InChI is InChI=1S/C14H20N2/c1-3-4-5-8-11(2)14-12-9-6-7-10-13(12)15-16-14/h6-7,9-11H,3-5,8H2,1-2H3,(H,15,16). The highest BCUT2D eigenvalue weighted by Crippen LogP contribution is 2.26. The average Bonchev–Trinajstić information content (AvgIpc) is 2.73. The van der Waals surface area contributed by atoms with Gasteiger partial charge < -0.3 is 0 Å². The molecule has 1 unspecified atom stereocenters. The number of aromatic amines is 1. The van der Waals surface area contributed by atoms with Gasteiger partial charge in [-0.25, -0.2) is 0 Å². The van der Waals surface area contributed by atoms with Crippen molar-refractivity contribution in [3.63, 3.8) is 0 Å². The maximum absolute atomic E-state index is 4.34. The van der Waals surface area contributed by atoms with E-state index in [9.17, 15) is 0 Å². The molecule has 0 fully saturated rings. The van der Waals surface area contributed by atoms with Gasteiger partial charge >= 0.3 is 0 Å². The predicted molar refractivity (Wildman–Crippen MR) is 68.7 cm³/mol. The van der Waals surface area contributed by atoms with E-state index in [-0.39, 0.29) is 0 Å². The molecule has 86 valence electrons. The summed E-state index contributed by atoms with van der Waals surface area (Å²) < 4.78 is 0. The van der Waals surface area contributed by atoms with Crippen LogP contribution in [-0.4, -0.2) is 10.2 Å². The summed E-state index contributed by atoms with van der Waals surface area (Å²) in [5, 5.41) is 8.82. The Morgan fingerprint density at radius 2 is 2.06 bits per heavy atom. The molecule has 0 radical (unpaired) electrons. The third-order valence-electron chi connectivity index (χ3n) is 3.22. The molecule has 0 amide bonds. The molecule has 1 atom stereocenters. The molecule has 0 aliphatic carbocycles. The number of para-hydroxylation sites is 1. The lowest BCUT2D eigenvalue weighted by atomic mass is 9.97. The minimum atomic E-state index is 0.582. The second-order valence-corrected chi connectivity index (χ2v) is 4.55. The third-order valence-corrected chi connectivity index (χ3v) is 3.22. The van der Waals surface area contributed by atoms with E-state index in [0.717, 1.165) is 5.52 Å². The zero-order valence-electron chi connectivity index (χ0n) is 10.2. The predicted octanol–water partition coefficient (Wildman–Crippen LogP) is 4.25. The van der Waals surface area contributed by atoms with Gasteiger partial charge in [-0.3, -0.25) is 5.10 Å². The number of aromatic nitrogens is 2. The molecular formula is C14H20N2. The molecule has 16 heavy (non-hydrogen) atoms. The molecule has 1 N–H and O–H groups in total. The van der Waals surface area contributed by atoms with Crippen molar-refractivity contribution in [2.45, 2.75) is 45.4 Å². The second-order valence-electron chi connectivity index (χ2n) is 4.55. The van der Waals surface area contributed by atoms with Crippen LogP contribution in [0.3, 0.4) is 0 Å². The number of nitrogens with one attached hydrogen (secondary N) is 1. The van der Waals surface area contributed by atoms with E-state index in [1.807, 2.05) is 6.07 Å². The van der Waals surface area contributed by atoms with Crippen LogP contribution < -0.4 is 0 Å². The normalized spacial score (nSPS) is 13.1. The Balaban J connectivity index is 2.13. The maximum atomic E-state index is 4.34. The summed E-state index contributed by atoms with van der Waals surface area (Å²) in [5.74, 6) is 0.582. The first-order valence-corrected chi connectivity index (χ1v) is 6.26. The number of unbranched alkanes of at least 4 members (excludes halogenated alkanes) is 2. The SMILES string of the molecule is CCCCCC(C)c1[nH]nc2ccccc12. The molecule has 2 aromatic rings. The monoisotopic (exact) mass is 216 g/mol. The molecule has 1 aromatic heterocycles. The lowest BCUT2D eigenvalue weighted by Crippen LogP contribution is -1.94. The van der Waals surface area contributed by atoms with Gasteiger partial charge in [-0.05, 0) is 18.4 Å². The van der Waals surface area contributed by atoms with Crippen LogP contribution >= 0.6 is 0 Å². The fourth-order valence-corrected chi connectivity index (χ4v) is 2.20. The summed E-state index contributed by atoms with van der Waals surface area (Å²) in [5.41, 5.74) is 2.38. The molecule has 0 spiro atoms. The summed E-state index contributed by atoms with van der Waals surface area (Å²) in [6, 6.07) is 8.34. The smallest absolute Gasteiger partial charge is 0.0923 e. The van der Waals surface area contributed by atoms with E-state index < -0.39 is 0 Å². The van der Waals surface area contributed by atoms with E-state index in [4.69, 9.17) is 0 Å². The van der Waals surface area contributed by atoms with Crippen LogP contribution in [0.5, 0.6) is 0 Å². The molecular weight excluding hydrogens is 196 g/mol. The summed E-state index contributed by atoms with van der Waals surface area (Å²) in [6.45, 7) is 4.53. The van der Waals surface area contributed by atoms with Crippen molar-refractivity contribution in [2.75, 3.05) is 0 Å². The van der Waals surface area contributed by atoms with Crippen molar-refractivity contribution in [3.05, 3.63) is 30.0 Å². The number of H-pyrrole nitrogens is 1. The van der Waals surface area contributed by atoms with Crippen molar-refractivity contribution in [1.82, 2.24) is 10.2 Å². The molecule has 2 nitrogen and oxygen atoms in total. The first-order valence-electron chi connectivity index (χ1n) is 6.26. The van der Waals surface area contributed by atoms with Crippen molar-refractivity contribution in [2.24, 2.45) is 0 Å². The van der Waals surface area contributed by atoms with Crippen molar-refractivity contribution >= 4 is 10.9 Å². The van der Waals surface area contributed by atoms with Gasteiger partial charge in [0.25, 0.3) is 0 Å². The molecule has 2 heteroatoms. The Morgan fingerprint density at radius 1 is 1.25 bits per heavy atom. The van der Waals surface area contributed by atoms with E-state index in [1.165, 1.54) is 36.8 Å². The van der Waals surface area contributed by atoms with Crippen molar-refractivity contribution < 1.29 is 0 Å². The molecule has 0 aliphatic rings. The maximum Gasteiger partial charge on any atom is 0.0923 e. The van der Waals surface area contributed by atoms with Crippen LogP contribution in [0.4, 0.5) is 0 Å². The molecule has 0 aliphatic heterocycles. The Morgan fingerprint density at radius 3 is 2.88 bits per heavy atom. The van der Waals surface area contributed by atoms with Crippen LogP contribution in [0.2, 0.25) is 0 Å². The van der Waals surface area contributed by atoms with Gasteiger partial charge in [-0.1, -0.05) is 51.3 Å². The minimum absolute atomic E-state index is 0.582.